The molecule has 1 heterocycles. The number of phenols is 2. The number of aryl methyl sites for hydroxylation is 1. The van der Waals surface area contributed by atoms with Crippen LogP contribution in [0, 0.1) is 0 Å². The Hall–Kier alpha value is -2.56. The summed E-state index contributed by atoms with van der Waals surface area (Å²) in [5.41, 5.74) is 1.90. The number of nitrogens with one attached hydrogen (secondary N) is 1. The van der Waals surface area contributed by atoms with E-state index >= 15 is 0 Å². The molecule has 20 heavy (non-hydrogen) atoms. The van der Waals surface area contributed by atoms with E-state index in [1.807, 2.05) is 19.1 Å². The summed E-state index contributed by atoms with van der Waals surface area (Å²) in [6, 6.07) is 7.64. The molecule has 0 fully saturated rings. The molecule has 5 heteroatoms. The molecule has 0 aliphatic rings. The van der Waals surface area contributed by atoms with Crippen LogP contribution in [0.1, 0.15) is 28.5 Å². The standard InChI is InChI=1S/C15H16N2O3/c1-2-10-4-3-7-16-13(10)9-17-15(20)12-8-11(18)5-6-14(12)19/h3-8,18-19H,2,9H2,1H3,(H,17,20). The molecule has 5 nitrogen and oxygen atoms in total. The minimum Gasteiger partial charge on any atom is -0.508 e. The van der Waals surface area contributed by atoms with Crippen molar-refractivity contribution in [1.82, 2.24) is 10.3 Å². The number of carbonyl (C=O) groups is 1. The Morgan fingerprint density at radius 3 is 2.85 bits per heavy atom. The molecule has 0 saturated heterocycles. The normalized spacial score (nSPS) is 10.2. The van der Waals surface area contributed by atoms with Gasteiger partial charge in [0.05, 0.1) is 17.8 Å². The van der Waals surface area contributed by atoms with Gasteiger partial charge < -0.3 is 15.5 Å². The van der Waals surface area contributed by atoms with Crippen LogP contribution in [-0.4, -0.2) is 21.1 Å². The lowest BCUT2D eigenvalue weighted by Gasteiger charge is -2.09. The zero-order chi connectivity index (χ0) is 14.5. The van der Waals surface area contributed by atoms with E-state index < -0.39 is 5.91 Å². The second-order valence-corrected chi connectivity index (χ2v) is 4.35. The number of amides is 1. The van der Waals surface area contributed by atoms with Crippen molar-refractivity contribution in [2.45, 2.75) is 19.9 Å². The Morgan fingerprint density at radius 1 is 1.30 bits per heavy atom. The van der Waals surface area contributed by atoms with E-state index in [1.165, 1.54) is 18.2 Å². The zero-order valence-electron chi connectivity index (χ0n) is 11.1. The smallest absolute Gasteiger partial charge is 0.255 e. The second-order valence-electron chi connectivity index (χ2n) is 4.35. The number of carbonyl (C=O) groups excluding carboxylic acids is 1. The van der Waals surface area contributed by atoms with E-state index in [4.69, 9.17) is 0 Å². The van der Waals surface area contributed by atoms with Crippen molar-refractivity contribution < 1.29 is 15.0 Å². The third kappa shape index (κ3) is 3.06. The number of phenolic OH excluding ortho intramolecular Hbond substituents is 2. The van der Waals surface area contributed by atoms with Gasteiger partial charge in [-0.2, -0.15) is 0 Å². The third-order valence-electron chi connectivity index (χ3n) is 3.01. The first-order chi connectivity index (χ1) is 9.61. The van der Waals surface area contributed by atoms with Crippen molar-refractivity contribution in [3.8, 4) is 11.5 Å². The summed E-state index contributed by atoms with van der Waals surface area (Å²) in [6.07, 6.45) is 2.50. The van der Waals surface area contributed by atoms with E-state index in [-0.39, 0.29) is 23.6 Å². The summed E-state index contributed by atoms with van der Waals surface area (Å²) in [5.74, 6) is -0.692. The summed E-state index contributed by atoms with van der Waals surface area (Å²) < 4.78 is 0. The van der Waals surface area contributed by atoms with Crippen LogP contribution in [0.25, 0.3) is 0 Å². The van der Waals surface area contributed by atoms with Crippen LogP contribution in [0.2, 0.25) is 0 Å². The second kappa shape index (κ2) is 6.06. The van der Waals surface area contributed by atoms with Crippen molar-refractivity contribution in [3.05, 3.63) is 53.3 Å². The Kier molecular flexibility index (Phi) is 4.20. The quantitative estimate of drug-likeness (QED) is 0.743. The van der Waals surface area contributed by atoms with Gasteiger partial charge in [-0.25, -0.2) is 0 Å². The molecule has 1 aromatic heterocycles. The molecule has 3 N–H and O–H groups in total. The largest absolute Gasteiger partial charge is 0.508 e. The Balaban J connectivity index is 2.11. The average Bonchev–Trinajstić information content (AvgIpc) is 2.47. The van der Waals surface area contributed by atoms with E-state index in [9.17, 15) is 15.0 Å². The minimum absolute atomic E-state index is 0.0407. The number of hydrogen-bond donors (Lipinski definition) is 3. The molecule has 0 saturated carbocycles. The van der Waals surface area contributed by atoms with E-state index in [0.29, 0.717) is 0 Å². The van der Waals surface area contributed by atoms with Crippen molar-refractivity contribution >= 4 is 5.91 Å². The number of pyridine rings is 1. The number of nitrogens with zero attached hydrogens (tertiary/aromatic N) is 1. The topological polar surface area (TPSA) is 82.5 Å². The highest BCUT2D eigenvalue weighted by molar-refractivity contribution is 5.97. The van der Waals surface area contributed by atoms with Gasteiger partial charge >= 0.3 is 0 Å². The van der Waals surface area contributed by atoms with Crippen LogP contribution >= 0.6 is 0 Å². The Morgan fingerprint density at radius 2 is 2.10 bits per heavy atom. The first-order valence-electron chi connectivity index (χ1n) is 6.34. The SMILES string of the molecule is CCc1cccnc1CNC(=O)c1cc(O)ccc1O. The fourth-order valence-corrected chi connectivity index (χ4v) is 1.92. The molecule has 0 aliphatic heterocycles. The monoisotopic (exact) mass is 272 g/mol. The summed E-state index contributed by atoms with van der Waals surface area (Å²) >= 11 is 0. The molecule has 0 bridgehead atoms. The van der Waals surface area contributed by atoms with Gasteiger partial charge in [-0.15, -0.1) is 0 Å². The third-order valence-corrected chi connectivity index (χ3v) is 3.01. The lowest BCUT2D eigenvalue weighted by atomic mass is 10.1. The van der Waals surface area contributed by atoms with Gasteiger partial charge in [-0.05, 0) is 36.2 Å². The van der Waals surface area contributed by atoms with Gasteiger partial charge in [0.15, 0.2) is 0 Å². The van der Waals surface area contributed by atoms with Crippen LogP contribution in [0.5, 0.6) is 11.5 Å². The van der Waals surface area contributed by atoms with Gasteiger partial charge in [0.2, 0.25) is 0 Å². The Bertz CT molecular complexity index is 626. The molecule has 0 atom stereocenters. The molecular formula is C15H16N2O3. The van der Waals surface area contributed by atoms with Gasteiger partial charge in [-0.3, -0.25) is 9.78 Å². The maximum Gasteiger partial charge on any atom is 0.255 e. The van der Waals surface area contributed by atoms with Crippen molar-refractivity contribution in [2.24, 2.45) is 0 Å². The number of aromatic nitrogens is 1. The van der Waals surface area contributed by atoms with Gasteiger partial charge in [0, 0.05) is 6.20 Å². The van der Waals surface area contributed by atoms with Crippen molar-refractivity contribution in [3.63, 3.8) is 0 Å². The number of benzene rings is 1. The Labute approximate surface area is 116 Å². The lowest BCUT2D eigenvalue weighted by molar-refractivity contribution is 0.0947. The van der Waals surface area contributed by atoms with Crippen molar-refractivity contribution in [1.29, 1.82) is 0 Å². The fourth-order valence-electron chi connectivity index (χ4n) is 1.92. The molecule has 1 amide bonds. The molecule has 1 aromatic carbocycles. The summed E-state index contributed by atoms with van der Waals surface area (Å²) in [6.45, 7) is 2.29. The molecule has 2 aromatic rings. The molecule has 0 spiro atoms. The van der Waals surface area contributed by atoms with E-state index in [1.54, 1.807) is 6.20 Å². The molecule has 0 aliphatic carbocycles. The van der Waals surface area contributed by atoms with Gasteiger partial charge in [0.25, 0.3) is 5.91 Å². The van der Waals surface area contributed by atoms with Crippen LogP contribution in [-0.2, 0) is 13.0 Å². The predicted molar refractivity (Wildman–Crippen MR) is 74.6 cm³/mol. The first kappa shape index (κ1) is 13.9. The zero-order valence-corrected chi connectivity index (χ0v) is 11.1. The molecule has 2 rings (SSSR count). The summed E-state index contributed by atoms with van der Waals surface area (Å²) in [4.78, 5) is 16.2. The molecule has 0 unspecified atom stereocenters. The fraction of sp³-hybridized carbons (Fsp3) is 0.200. The van der Waals surface area contributed by atoms with Crippen LogP contribution in [0.3, 0.4) is 0 Å². The van der Waals surface area contributed by atoms with E-state index in [2.05, 4.69) is 10.3 Å². The first-order valence-corrected chi connectivity index (χ1v) is 6.34. The maximum atomic E-state index is 12.0. The van der Waals surface area contributed by atoms with Crippen LogP contribution in [0.15, 0.2) is 36.5 Å². The molecule has 104 valence electrons. The average molecular weight is 272 g/mol. The minimum atomic E-state index is -0.453. The van der Waals surface area contributed by atoms with Gasteiger partial charge in [-0.1, -0.05) is 13.0 Å². The highest BCUT2D eigenvalue weighted by Crippen LogP contribution is 2.21. The lowest BCUT2D eigenvalue weighted by Crippen LogP contribution is -2.24. The number of hydrogen-bond acceptors (Lipinski definition) is 4. The van der Waals surface area contributed by atoms with Gasteiger partial charge in [0.1, 0.15) is 11.5 Å². The summed E-state index contributed by atoms with van der Waals surface area (Å²) in [5, 5.41) is 21.7. The summed E-state index contributed by atoms with van der Waals surface area (Å²) in [7, 11) is 0. The maximum absolute atomic E-state index is 12.0. The molecule has 0 radical (unpaired) electrons. The predicted octanol–water partition coefficient (Wildman–Crippen LogP) is 1.99. The number of rotatable bonds is 4. The van der Waals surface area contributed by atoms with Crippen LogP contribution < -0.4 is 5.32 Å². The van der Waals surface area contributed by atoms with Crippen molar-refractivity contribution in [2.75, 3.05) is 0 Å². The highest BCUT2D eigenvalue weighted by Gasteiger charge is 2.12. The molecular weight excluding hydrogens is 256 g/mol. The highest BCUT2D eigenvalue weighted by atomic mass is 16.3. The van der Waals surface area contributed by atoms with E-state index in [0.717, 1.165) is 17.7 Å². The number of aromatic hydroxyl groups is 2. The van der Waals surface area contributed by atoms with Crippen LogP contribution in [0.4, 0.5) is 0 Å².